The summed E-state index contributed by atoms with van der Waals surface area (Å²) in [7, 11) is 0. The highest BCUT2D eigenvalue weighted by molar-refractivity contribution is 7.98. The smallest absolute Gasteiger partial charge is 0.227 e. The summed E-state index contributed by atoms with van der Waals surface area (Å²) in [5, 5.41) is 0.732. The van der Waals surface area contributed by atoms with Crippen molar-refractivity contribution >= 4 is 29.3 Å². The van der Waals surface area contributed by atoms with Gasteiger partial charge in [0.2, 0.25) is 5.91 Å². The number of hydrogen-bond acceptors (Lipinski definition) is 2. The number of rotatable bonds is 8. The van der Waals surface area contributed by atoms with Crippen LogP contribution in [0.15, 0.2) is 58.8 Å². The molecule has 2 aliphatic rings. The molecule has 4 heteroatoms. The minimum atomic E-state index is 0.170. The summed E-state index contributed by atoms with van der Waals surface area (Å²) in [6, 6.07) is 0. The molecule has 0 fully saturated rings. The Hall–Kier alpha value is -1.19. The maximum atomic E-state index is 12.7. The molecular weight excluding hydrogens is 398 g/mol. The fourth-order valence-corrected chi connectivity index (χ4v) is 4.46. The summed E-state index contributed by atoms with van der Waals surface area (Å²) in [4.78, 5) is 14.6. The van der Waals surface area contributed by atoms with Crippen LogP contribution in [0.3, 0.4) is 0 Å². The first-order valence-electron chi connectivity index (χ1n) is 11.0. The molecular formula is C25H36ClNOS. The number of thioether (sulfide) groups is 1. The quantitative estimate of drug-likeness (QED) is 0.401. The molecule has 2 unspecified atom stereocenters. The van der Waals surface area contributed by atoms with Gasteiger partial charge in [-0.2, -0.15) is 11.8 Å². The van der Waals surface area contributed by atoms with Gasteiger partial charge < -0.3 is 4.90 Å². The van der Waals surface area contributed by atoms with E-state index >= 15 is 0 Å². The van der Waals surface area contributed by atoms with Gasteiger partial charge in [0.15, 0.2) is 0 Å². The van der Waals surface area contributed by atoms with E-state index in [1.165, 1.54) is 5.57 Å². The van der Waals surface area contributed by atoms with Gasteiger partial charge in [0.25, 0.3) is 0 Å². The summed E-state index contributed by atoms with van der Waals surface area (Å²) in [6.45, 7) is 4.94. The first kappa shape index (κ1) is 24.1. The van der Waals surface area contributed by atoms with Crippen molar-refractivity contribution in [2.45, 2.75) is 58.8 Å². The summed E-state index contributed by atoms with van der Waals surface area (Å²) < 4.78 is 0. The van der Waals surface area contributed by atoms with E-state index in [1.807, 2.05) is 18.1 Å². The third kappa shape index (κ3) is 8.22. The number of carbonyl (C=O) groups is 1. The Bertz CT molecular complexity index is 689. The standard InChI is InChI=1S/C25H36ClNOS/c1-4-27(25(28)17-18-29-3)24-19-22(11-5-6-14-23(24)26)16-15-21-12-7-9-20(2)10-8-13-21/h7-9,12-14,19-20,22H,4-6,10-11,15-18H2,1-3H3. The van der Waals surface area contributed by atoms with Crippen LogP contribution in [-0.2, 0) is 4.79 Å². The third-order valence-electron chi connectivity index (χ3n) is 5.56. The number of allylic oxidation sites excluding steroid dienone is 9. The lowest BCUT2D eigenvalue weighted by molar-refractivity contribution is -0.128. The maximum absolute atomic E-state index is 12.7. The minimum Gasteiger partial charge on any atom is -0.312 e. The fraction of sp³-hybridized carbons (Fsp3) is 0.560. The average molecular weight is 434 g/mol. The first-order chi connectivity index (χ1) is 14.0. The minimum absolute atomic E-state index is 0.170. The number of amides is 1. The van der Waals surface area contributed by atoms with Gasteiger partial charge in [0.05, 0.1) is 10.7 Å². The highest BCUT2D eigenvalue weighted by Gasteiger charge is 2.21. The number of likely N-dealkylation sites (N-methyl/N-ethyl adjacent to an activating group) is 1. The first-order valence-corrected chi connectivity index (χ1v) is 12.7. The van der Waals surface area contributed by atoms with Crippen LogP contribution >= 0.6 is 23.4 Å². The normalized spacial score (nSPS) is 22.6. The second-order valence-electron chi connectivity index (χ2n) is 7.96. The molecule has 0 N–H and O–H groups in total. The number of carbonyl (C=O) groups excluding carboxylic acids is 1. The van der Waals surface area contributed by atoms with Crippen molar-refractivity contribution in [2.24, 2.45) is 11.8 Å². The van der Waals surface area contributed by atoms with Crippen molar-refractivity contribution in [2.75, 3.05) is 18.6 Å². The molecule has 0 saturated heterocycles. The van der Waals surface area contributed by atoms with Gasteiger partial charge in [-0.05, 0) is 69.1 Å². The van der Waals surface area contributed by atoms with Crippen LogP contribution in [0.4, 0.5) is 0 Å². The van der Waals surface area contributed by atoms with E-state index in [1.54, 1.807) is 11.8 Å². The highest BCUT2D eigenvalue weighted by Crippen LogP contribution is 2.30. The Morgan fingerprint density at radius 2 is 2.21 bits per heavy atom. The van der Waals surface area contributed by atoms with Gasteiger partial charge in [-0.3, -0.25) is 4.79 Å². The van der Waals surface area contributed by atoms with Gasteiger partial charge in [0, 0.05) is 18.7 Å². The van der Waals surface area contributed by atoms with E-state index in [2.05, 4.69) is 49.5 Å². The molecule has 1 amide bonds. The summed E-state index contributed by atoms with van der Waals surface area (Å²) >= 11 is 8.35. The lowest BCUT2D eigenvalue weighted by Gasteiger charge is -2.27. The average Bonchev–Trinajstić information content (AvgIpc) is 2.68. The van der Waals surface area contributed by atoms with Crippen LogP contribution in [0.2, 0.25) is 0 Å². The number of nitrogens with zero attached hydrogens (tertiary/aromatic N) is 1. The van der Waals surface area contributed by atoms with Crippen molar-refractivity contribution < 1.29 is 4.79 Å². The number of halogens is 1. The topological polar surface area (TPSA) is 20.3 Å². The molecule has 2 atom stereocenters. The van der Waals surface area contributed by atoms with Crippen molar-refractivity contribution in [1.29, 1.82) is 0 Å². The molecule has 0 saturated carbocycles. The molecule has 2 rings (SSSR count). The maximum Gasteiger partial charge on any atom is 0.227 e. The summed E-state index contributed by atoms with van der Waals surface area (Å²) in [6.07, 6.45) is 24.8. The second kappa shape index (κ2) is 13.2. The molecule has 0 spiro atoms. The Morgan fingerprint density at radius 1 is 1.38 bits per heavy atom. The molecule has 2 aliphatic carbocycles. The largest absolute Gasteiger partial charge is 0.312 e. The van der Waals surface area contributed by atoms with Gasteiger partial charge in [-0.15, -0.1) is 0 Å². The van der Waals surface area contributed by atoms with E-state index in [-0.39, 0.29) is 5.91 Å². The van der Waals surface area contributed by atoms with Crippen LogP contribution < -0.4 is 0 Å². The van der Waals surface area contributed by atoms with Crippen LogP contribution in [0.5, 0.6) is 0 Å². The molecule has 2 nitrogen and oxygen atoms in total. The Morgan fingerprint density at radius 3 is 2.97 bits per heavy atom. The molecule has 29 heavy (non-hydrogen) atoms. The van der Waals surface area contributed by atoms with E-state index in [0.29, 0.717) is 24.8 Å². The molecule has 160 valence electrons. The summed E-state index contributed by atoms with van der Waals surface area (Å²) in [5.74, 6) is 2.07. The predicted octanol–water partition coefficient (Wildman–Crippen LogP) is 7.25. The highest BCUT2D eigenvalue weighted by atomic mass is 35.5. The van der Waals surface area contributed by atoms with Crippen molar-refractivity contribution in [3.8, 4) is 0 Å². The lowest BCUT2D eigenvalue weighted by Crippen LogP contribution is -2.31. The molecule has 0 aromatic carbocycles. The zero-order valence-corrected chi connectivity index (χ0v) is 19.8. The predicted molar refractivity (Wildman–Crippen MR) is 129 cm³/mol. The van der Waals surface area contributed by atoms with Gasteiger partial charge in [-0.1, -0.05) is 61.1 Å². The zero-order chi connectivity index (χ0) is 21.1. The second-order valence-corrected chi connectivity index (χ2v) is 9.35. The van der Waals surface area contributed by atoms with Gasteiger partial charge in [0.1, 0.15) is 0 Å². The molecule has 0 heterocycles. The van der Waals surface area contributed by atoms with E-state index in [4.69, 9.17) is 11.6 Å². The van der Waals surface area contributed by atoms with E-state index < -0.39 is 0 Å². The van der Waals surface area contributed by atoms with Crippen LogP contribution in [0, 0.1) is 11.8 Å². The van der Waals surface area contributed by atoms with Crippen molar-refractivity contribution in [3.63, 3.8) is 0 Å². The molecule has 0 bridgehead atoms. The monoisotopic (exact) mass is 433 g/mol. The van der Waals surface area contributed by atoms with Crippen LogP contribution in [0.1, 0.15) is 58.8 Å². The van der Waals surface area contributed by atoms with Gasteiger partial charge in [-0.25, -0.2) is 0 Å². The third-order valence-corrected chi connectivity index (χ3v) is 6.52. The van der Waals surface area contributed by atoms with E-state index in [0.717, 1.165) is 55.0 Å². The summed E-state index contributed by atoms with van der Waals surface area (Å²) in [5.41, 5.74) is 2.30. The number of hydrogen-bond donors (Lipinski definition) is 0. The van der Waals surface area contributed by atoms with Gasteiger partial charge >= 0.3 is 0 Å². The lowest BCUT2D eigenvalue weighted by atomic mass is 9.90. The molecule has 0 aliphatic heterocycles. The Balaban J connectivity index is 2.14. The fourth-order valence-electron chi connectivity index (χ4n) is 3.81. The van der Waals surface area contributed by atoms with Crippen molar-refractivity contribution in [1.82, 2.24) is 4.90 Å². The Labute approximate surface area is 186 Å². The Kier molecular flexibility index (Phi) is 10.9. The zero-order valence-electron chi connectivity index (χ0n) is 18.2. The molecule has 0 aromatic heterocycles. The van der Waals surface area contributed by atoms with Crippen LogP contribution in [-0.4, -0.2) is 29.4 Å². The molecule has 0 radical (unpaired) electrons. The SMILES string of the molecule is CCN(C(=O)CCSC)C1=CC(CCC2=CC=CC(C)CC=C2)CCCC=C1Cl. The van der Waals surface area contributed by atoms with Crippen molar-refractivity contribution in [3.05, 3.63) is 58.8 Å². The van der Waals surface area contributed by atoms with E-state index in [9.17, 15) is 4.79 Å². The van der Waals surface area contributed by atoms with Crippen LogP contribution in [0.25, 0.3) is 0 Å². The molecule has 0 aromatic rings.